The van der Waals surface area contributed by atoms with Crippen molar-refractivity contribution >= 4 is 17.5 Å². The maximum Gasteiger partial charge on any atom is 0.218 e. The first-order valence-corrected chi connectivity index (χ1v) is 8.45. The van der Waals surface area contributed by atoms with Crippen LogP contribution in [0.2, 0.25) is 5.02 Å². The van der Waals surface area contributed by atoms with E-state index in [1.165, 1.54) is 0 Å². The molecule has 1 aromatic rings. The second kappa shape index (κ2) is 9.23. The van der Waals surface area contributed by atoms with Gasteiger partial charge < -0.3 is 15.6 Å². The number of primary amides is 1. The van der Waals surface area contributed by atoms with Crippen LogP contribution >= 0.6 is 11.6 Å². The van der Waals surface area contributed by atoms with Crippen LogP contribution in [0.3, 0.4) is 0 Å². The van der Waals surface area contributed by atoms with Crippen molar-refractivity contribution in [2.45, 2.75) is 44.4 Å². The smallest absolute Gasteiger partial charge is 0.218 e. The molecule has 1 heterocycles. The van der Waals surface area contributed by atoms with Gasteiger partial charge in [-0.3, -0.25) is 9.69 Å². The molecular formula is C17H25ClN2O3. The Balaban J connectivity index is 1.75. The van der Waals surface area contributed by atoms with Gasteiger partial charge in [-0.2, -0.15) is 0 Å². The van der Waals surface area contributed by atoms with E-state index in [1.807, 2.05) is 24.3 Å². The predicted molar refractivity (Wildman–Crippen MR) is 90.1 cm³/mol. The number of nitrogens with two attached hydrogens (primary N) is 1. The zero-order chi connectivity index (χ0) is 16.7. The number of aliphatic hydroxyl groups is 1. The molecule has 1 aliphatic rings. The zero-order valence-electron chi connectivity index (χ0n) is 13.3. The molecule has 23 heavy (non-hydrogen) atoms. The Morgan fingerprint density at radius 1 is 1.43 bits per heavy atom. The fraction of sp³-hybridized carbons (Fsp3) is 0.588. The summed E-state index contributed by atoms with van der Waals surface area (Å²) in [5, 5.41) is 10.9. The lowest BCUT2D eigenvalue weighted by Crippen LogP contribution is -2.46. The summed E-state index contributed by atoms with van der Waals surface area (Å²) in [7, 11) is 0. The van der Waals surface area contributed by atoms with E-state index < -0.39 is 6.10 Å². The van der Waals surface area contributed by atoms with Gasteiger partial charge in [0.25, 0.3) is 0 Å². The number of nitrogens with zero attached hydrogens (tertiary/aromatic N) is 1. The van der Waals surface area contributed by atoms with Crippen LogP contribution in [0.4, 0.5) is 0 Å². The number of hydrogen-bond acceptors (Lipinski definition) is 4. The average Bonchev–Trinajstić information content (AvgIpc) is 2.51. The highest BCUT2D eigenvalue weighted by atomic mass is 35.5. The van der Waals surface area contributed by atoms with Gasteiger partial charge in [-0.25, -0.2) is 0 Å². The van der Waals surface area contributed by atoms with Crippen molar-refractivity contribution in [2.75, 3.05) is 19.7 Å². The molecule has 1 saturated heterocycles. The first-order chi connectivity index (χ1) is 11.1. The third-order valence-corrected chi connectivity index (χ3v) is 4.53. The molecule has 3 N–H and O–H groups in total. The number of likely N-dealkylation sites (tertiary alicyclic amines) is 1. The molecule has 128 valence electrons. The summed E-state index contributed by atoms with van der Waals surface area (Å²) in [6, 6.07) is 7.64. The van der Waals surface area contributed by atoms with Crippen LogP contribution in [-0.2, 0) is 16.1 Å². The van der Waals surface area contributed by atoms with Gasteiger partial charge >= 0.3 is 0 Å². The van der Waals surface area contributed by atoms with Crippen molar-refractivity contribution < 1.29 is 14.6 Å². The summed E-state index contributed by atoms with van der Waals surface area (Å²) in [6.07, 6.45) is 2.91. The highest BCUT2D eigenvalue weighted by molar-refractivity contribution is 6.31. The van der Waals surface area contributed by atoms with E-state index in [9.17, 15) is 9.90 Å². The molecule has 0 saturated carbocycles. The van der Waals surface area contributed by atoms with Crippen molar-refractivity contribution in [3.8, 4) is 0 Å². The van der Waals surface area contributed by atoms with E-state index in [4.69, 9.17) is 22.1 Å². The maximum atomic E-state index is 11.2. The molecule has 0 bridgehead atoms. The SMILES string of the molecule is NC(=O)CC1CCCCN1CC(O)COCc1ccccc1Cl. The van der Waals surface area contributed by atoms with E-state index in [2.05, 4.69) is 4.90 Å². The van der Waals surface area contributed by atoms with Crippen molar-refractivity contribution in [2.24, 2.45) is 5.73 Å². The van der Waals surface area contributed by atoms with Gasteiger partial charge in [-0.15, -0.1) is 0 Å². The van der Waals surface area contributed by atoms with Crippen LogP contribution in [-0.4, -0.2) is 47.8 Å². The number of hydrogen-bond donors (Lipinski definition) is 2. The molecular weight excluding hydrogens is 316 g/mol. The summed E-state index contributed by atoms with van der Waals surface area (Å²) in [5.74, 6) is -0.286. The molecule has 1 aromatic carbocycles. The van der Waals surface area contributed by atoms with E-state index in [-0.39, 0.29) is 18.6 Å². The fourth-order valence-corrected chi connectivity index (χ4v) is 3.20. The van der Waals surface area contributed by atoms with Gasteiger partial charge in [0.05, 0.1) is 19.3 Å². The summed E-state index contributed by atoms with van der Waals surface area (Å²) >= 11 is 6.07. The highest BCUT2D eigenvalue weighted by Gasteiger charge is 2.25. The lowest BCUT2D eigenvalue weighted by Gasteiger charge is -2.36. The number of β-amino-alcohol motifs (C(OH)–C–C–N with tert-alkyl or cyclic N) is 1. The Morgan fingerprint density at radius 2 is 2.22 bits per heavy atom. The number of halogens is 1. The van der Waals surface area contributed by atoms with Crippen molar-refractivity contribution in [1.29, 1.82) is 0 Å². The Morgan fingerprint density at radius 3 is 2.96 bits per heavy atom. The summed E-state index contributed by atoms with van der Waals surface area (Å²) in [6.45, 7) is 2.01. The molecule has 2 rings (SSSR count). The second-order valence-electron chi connectivity index (χ2n) is 6.08. The minimum Gasteiger partial charge on any atom is -0.389 e. The molecule has 2 unspecified atom stereocenters. The summed E-state index contributed by atoms with van der Waals surface area (Å²) in [5.41, 5.74) is 6.22. The maximum absolute atomic E-state index is 11.2. The normalized spacial score (nSPS) is 20.3. The monoisotopic (exact) mass is 340 g/mol. The number of ether oxygens (including phenoxy) is 1. The quantitative estimate of drug-likeness (QED) is 0.758. The number of piperidine rings is 1. The summed E-state index contributed by atoms with van der Waals surface area (Å²) < 4.78 is 5.57. The zero-order valence-corrected chi connectivity index (χ0v) is 14.0. The Labute approximate surface area is 142 Å². The predicted octanol–water partition coefficient (Wildman–Crippen LogP) is 1.95. The third-order valence-electron chi connectivity index (χ3n) is 4.16. The first-order valence-electron chi connectivity index (χ1n) is 8.08. The van der Waals surface area contributed by atoms with Crippen LogP contribution in [0, 0.1) is 0 Å². The number of aliphatic hydroxyl groups excluding tert-OH is 1. The van der Waals surface area contributed by atoms with Crippen LogP contribution in [0.15, 0.2) is 24.3 Å². The van der Waals surface area contributed by atoms with E-state index in [0.717, 1.165) is 31.4 Å². The van der Waals surface area contributed by atoms with Crippen molar-refractivity contribution in [3.63, 3.8) is 0 Å². The molecule has 0 spiro atoms. The molecule has 0 radical (unpaired) electrons. The molecule has 2 atom stereocenters. The molecule has 6 heteroatoms. The van der Waals surface area contributed by atoms with E-state index in [1.54, 1.807) is 0 Å². The van der Waals surface area contributed by atoms with Crippen LogP contribution < -0.4 is 5.73 Å². The number of rotatable bonds is 8. The van der Waals surface area contributed by atoms with Gasteiger partial charge in [0, 0.05) is 24.0 Å². The third kappa shape index (κ3) is 6.11. The molecule has 5 nitrogen and oxygen atoms in total. The number of carbonyl (C=O) groups is 1. The minimum absolute atomic E-state index is 0.138. The largest absolute Gasteiger partial charge is 0.389 e. The lowest BCUT2D eigenvalue weighted by molar-refractivity contribution is -0.119. The van der Waals surface area contributed by atoms with Gasteiger partial charge in [0.15, 0.2) is 0 Å². The molecule has 1 fully saturated rings. The van der Waals surface area contributed by atoms with Crippen molar-refractivity contribution in [1.82, 2.24) is 4.90 Å². The van der Waals surface area contributed by atoms with E-state index >= 15 is 0 Å². The molecule has 1 aliphatic heterocycles. The molecule has 0 aliphatic carbocycles. The van der Waals surface area contributed by atoms with Gasteiger partial charge in [0.2, 0.25) is 5.91 Å². The Kier molecular flexibility index (Phi) is 7.30. The topological polar surface area (TPSA) is 75.8 Å². The fourth-order valence-electron chi connectivity index (χ4n) is 3.01. The second-order valence-corrected chi connectivity index (χ2v) is 6.48. The van der Waals surface area contributed by atoms with Gasteiger partial charge in [-0.1, -0.05) is 36.2 Å². The number of amides is 1. The number of carbonyl (C=O) groups excluding carboxylic acids is 1. The standard InChI is InChI=1S/C17H25ClN2O3/c18-16-7-2-1-5-13(16)11-23-12-15(21)10-20-8-4-3-6-14(20)9-17(19)22/h1-2,5,7,14-15,21H,3-4,6,8-12H2,(H2,19,22). The minimum atomic E-state index is -0.592. The Bertz CT molecular complexity index is 512. The highest BCUT2D eigenvalue weighted by Crippen LogP contribution is 2.20. The van der Waals surface area contributed by atoms with Gasteiger partial charge in [-0.05, 0) is 31.0 Å². The number of benzene rings is 1. The first kappa shape index (κ1) is 18.2. The van der Waals surface area contributed by atoms with Crippen LogP contribution in [0.5, 0.6) is 0 Å². The van der Waals surface area contributed by atoms with Gasteiger partial charge in [0.1, 0.15) is 0 Å². The van der Waals surface area contributed by atoms with Crippen molar-refractivity contribution in [3.05, 3.63) is 34.9 Å². The summed E-state index contributed by atoms with van der Waals surface area (Å²) in [4.78, 5) is 13.3. The Hall–Kier alpha value is -1.14. The molecule has 1 amide bonds. The average molecular weight is 341 g/mol. The molecule has 0 aromatic heterocycles. The van der Waals surface area contributed by atoms with Crippen LogP contribution in [0.25, 0.3) is 0 Å². The van der Waals surface area contributed by atoms with E-state index in [0.29, 0.717) is 24.6 Å². The lowest BCUT2D eigenvalue weighted by atomic mass is 9.98. The van der Waals surface area contributed by atoms with Crippen LogP contribution in [0.1, 0.15) is 31.2 Å².